The summed E-state index contributed by atoms with van der Waals surface area (Å²) in [7, 11) is 0. The number of unbranched alkanes of at least 4 members (excludes halogenated alkanes) is 12. The molecule has 2 aliphatic heterocycles. The lowest BCUT2D eigenvalue weighted by Crippen LogP contribution is -1.95. The van der Waals surface area contributed by atoms with Gasteiger partial charge >= 0.3 is 0 Å². The Kier molecular flexibility index (Phi) is 19.7. The lowest BCUT2D eigenvalue weighted by molar-refractivity contribution is 0.370. The van der Waals surface area contributed by atoms with Gasteiger partial charge in [0.2, 0.25) is 0 Å². The molecule has 2 aliphatic rings. The van der Waals surface area contributed by atoms with E-state index in [-0.39, 0.29) is 13.2 Å². The number of H-pyrrole nitrogens is 2. The van der Waals surface area contributed by atoms with E-state index in [1.807, 2.05) is 12.1 Å². The molecule has 0 aliphatic carbocycles. The quantitative estimate of drug-likeness (QED) is 0.0428. The first-order valence-electron chi connectivity index (χ1n) is 27.7. The van der Waals surface area contributed by atoms with Crippen LogP contribution in [0.4, 0.5) is 0 Å². The Labute approximate surface area is 433 Å². The van der Waals surface area contributed by atoms with Gasteiger partial charge < -0.3 is 19.4 Å². The normalized spacial score (nSPS) is 12.4. The molecular weight excluding hydrogens is 881 g/mol. The summed E-state index contributed by atoms with van der Waals surface area (Å²) in [5, 5.41) is 0. The number of hydrogen-bond donors (Lipinski definition) is 2. The third-order valence-electron chi connectivity index (χ3n) is 15.1. The number of nitrogens with one attached hydrogen (secondary N) is 2. The van der Waals surface area contributed by atoms with Gasteiger partial charge in [-0.05, 0) is 171 Å². The highest BCUT2D eigenvalue weighted by Gasteiger charge is 2.27. The second-order valence-electron chi connectivity index (χ2n) is 20.3. The first-order chi connectivity index (χ1) is 35.2. The van der Waals surface area contributed by atoms with Gasteiger partial charge in [-0.3, -0.25) is 0 Å². The molecule has 0 saturated carbocycles. The van der Waals surface area contributed by atoms with E-state index >= 15 is 0 Å². The van der Waals surface area contributed by atoms with Crippen molar-refractivity contribution in [1.29, 1.82) is 0 Å². The molecule has 0 radical (unpaired) electrons. The van der Waals surface area contributed by atoms with Crippen molar-refractivity contribution in [3.63, 3.8) is 0 Å². The molecule has 0 unspecified atom stereocenters. The number of aryl methyl sites for hydroxylation is 4. The molecule has 5 heterocycles. The van der Waals surface area contributed by atoms with Crippen molar-refractivity contribution in [2.75, 3.05) is 13.2 Å². The van der Waals surface area contributed by atoms with E-state index in [2.05, 4.69) is 126 Å². The van der Waals surface area contributed by atoms with E-state index < -0.39 is 0 Å². The van der Waals surface area contributed by atoms with Crippen LogP contribution in [0.15, 0.2) is 60.7 Å². The molecule has 2 aromatic carbocycles. The average molecular weight is 963 g/mol. The van der Waals surface area contributed by atoms with E-state index in [9.17, 15) is 0 Å². The maximum Gasteiger partial charge on any atom is 0.148 e. The summed E-state index contributed by atoms with van der Waals surface area (Å²) in [4.78, 5) is 19.9. The lowest BCUT2D eigenvalue weighted by Gasteiger charge is -2.11. The van der Waals surface area contributed by atoms with Crippen LogP contribution in [-0.2, 0) is 12.8 Å². The summed E-state index contributed by atoms with van der Waals surface area (Å²) in [5.41, 5.74) is 23.1. The molecule has 0 fully saturated rings. The van der Waals surface area contributed by atoms with Gasteiger partial charge in [0.05, 0.1) is 33.8 Å². The number of nitrogens with zero attached hydrogens (tertiary/aromatic N) is 2. The molecule has 6 heteroatoms. The lowest BCUT2D eigenvalue weighted by atomic mass is 9.93. The maximum atomic E-state index is 6.13. The van der Waals surface area contributed by atoms with E-state index in [1.165, 1.54) is 122 Å². The largest absolute Gasteiger partial charge is 0.481 e. The molecule has 72 heavy (non-hydrogen) atoms. The zero-order valence-electron chi connectivity index (χ0n) is 45.2. The SMILES string of the molecule is C#CCOc1cccc(-c2c3nc(cc4[nH]c(c(C)c4CCCCCC)c(-c4cccc(OCC#C)c4)c4nc(cc5[nH]c2c(C)c5CCCCCC)C(CCCCCC)=C4C)C(CCCCCC)=C3C)c1. The predicted molar refractivity (Wildman–Crippen MR) is 308 cm³/mol. The Balaban J connectivity index is 1.70. The Morgan fingerprint density at radius 1 is 0.472 bits per heavy atom. The number of ether oxygens (including phenoxy) is 2. The first-order valence-corrected chi connectivity index (χ1v) is 27.7. The molecule has 0 atom stereocenters. The highest BCUT2D eigenvalue weighted by atomic mass is 16.5. The number of fused-ring (bicyclic) bond motifs is 8. The minimum atomic E-state index is 0.202. The van der Waals surface area contributed by atoms with Crippen molar-refractivity contribution in [2.24, 2.45) is 0 Å². The topological polar surface area (TPSA) is 75.8 Å². The second-order valence-corrected chi connectivity index (χ2v) is 20.3. The maximum absolute atomic E-state index is 6.13. The number of benzene rings is 2. The van der Waals surface area contributed by atoms with Crippen LogP contribution in [0.3, 0.4) is 0 Å². The van der Waals surface area contributed by atoms with Gasteiger partial charge in [0, 0.05) is 22.2 Å². The van der Waals surface area contributed by atoms with Crippen LogP contribution in [-0.4, -0.2) is 33.1 Å². The van der Waals surface area contributed by atoms with Crippen LogP contribution in [0.5, 0.6) is 11.5 Å². The van der Waals surface area contributed by atoms with Crippen LogP contribution in [0.1, 0.15) is 202 Å². The van der Waals surface area contributed by atoms with Crippen LogP contribution in [0.25, 0.3) is 66.6 Å². The van der Waals surface area contributed by atoms with Gasteiger partial charge in [-0.1, -0.05) is 141 Å². The molecular formula is C66H82N4O2. The van der Waals surface area contributed by atoms with E-state index in [1.54, 1.807) is 0 Å². The number of terminal acetylenes is 2. The van der Waals surface area contributed by atoms with Crippen molar-refractivity contribution in [3.05, 3.63) is 106 Å². The van der Waals surface area contributed by atoms with E-state index in [0.29, 0.717) is 0 Å². The fourth-order valence-corrected chi connectivity index (χ4v) is 11.0. The van der Waals surface area contributed by atoms with Crippen molar-refractivity contribution in [3.8, 4) is 58.4 Å². The number of rotatable bonds is 26. The minimum absolute atomic E-state index is 0.202. The number of aromatic amines is 2. The summed E-state index contributed by atoms with van der Waals surface area (Å²) in [5.74, 6) is 6.84. The molecule has 6 nitrogen and oxygen atoms in total. The summed E-state index contributed by atoms with van der Waals surface area (Å²) >= 11 is 0. The number of hydrogen-bond acceptors (Lipinski definition) is 4. The third kappa shape index (κ3) is 12.5. The zero-order chi connectivity index (χ0) is 51.0. The van der Waals surface area contributed by atoms with Crippen LogP contribution in [0, 0.1) is 38.5 Å². The first kappa shape index (κ1) is 53.6. The standard InChI is InChI=1S/C66H82N4O2/c1-11-17-21-25-35-53-45(7)63-61(49-31-29-33-51(41-49)71-39-15-5)64-47(9)55(37-27-23-19-13-3)59(69-64)44-60-56(38-28-24-20-14-4)48(10)66(70-60)62(50-32-30-34-52(42-50)72-40-16-6)65-46(8)54(36-26-22-18-12-2)58(68-65)43-57(53)67-63/h5-6,29-34,41-44,67,70H,11-14,17-28,35-40H2,1-4,7-10H3. The Morgan fingerprint density at radius 2 is 0.847 bits per heavy atom. The smallest absolute Gasteiger partial charge is 0.148 e. The zero-order valence-corrected chi connectivity index (χ0v) is 45.2. The van der Waals surface area contributed by atoms with Gasteiger partial charge in [0.1, 0.15) is 24.7 Å². The summed E-state index contributed by atoms with van der Waals surface area (Å²) < 4.78 is 12.3. The van der Waals surface area contributed by atoms with Gasteiger partial charge in [-0.15, -0.1) is 12.8 Å². The highest BCUT2D eigenvalue weighted by Crippen LogP contribution is 2.45. The molecule has 2 N–H and O–H groups in total. The van der Waals surface area contributed by atoms with Crippen molar-refractivity contribution >= 4 is 44.4 Å². The molecule has 7 rings (SSSR count). The van der Waals surface area contributed by atoms with Gasteiger partial charge in [-0.2, -0.15) is 0 Å². The minimum Gasteiger partial charge on any atom is -0.481 e. The van der Waals surface area contributed by atoms with Gasteiger partial charge in [0.15, 0.2) is 0 Å². The summed E-state index contributed by atoms with van der Waals surface area (Å²) in [6.07, 6.45) is 34.1. The third-order valence-corrected chi connectivity index (χ3v) is 15.1. The van der Waals surface area contributed by atoms with Crippen molar-refractivity contribution in [1.82, 2.24) is 19.9 Å². The van der Waals surface area contributed by atoms with Crippen LogP contribution in [0.2, 0.25) is 0 Å². The fraction of sp³-hybridized carbons (Fsp3) is 0.455. The summed E-state index contributed by atoms with van der Waals surface area (Å²) in [6.45, 7) is 18.8. The Hall–Kier alpha value is -6.24. The Bertz CT molecular complexity index is 2790. The molecule has 0 spiro atoms. The molecule has 8 bridgehead atoms. The monoisotopic (exact) mass is 963 g/mol. The van der Waals surface area contributed by atoms with E-state index in [0.717, 1.165) is 130 Å². The second kappa shape index (κ2) is 26.5. The number of aromatic nitrogens is 4. The van der Waals surface area contributed by atoms with Crippen LogP contribution >= 0.6 is 0 Å². The van der Waals surface area contributed by atoms with Crippen molar-refractivity contribution < 1.29 is 9.47 Å². The average Bonchev–Trinajstić information content (AvgIpc) is 4.07. The van der Waals surface area contributed by atoms with Crippen LogP contribution < -0.4 is 9.47 Å². The molecule has 0 amide bonds. The predicted octanol–water partition coefficient (Wildman–Crippen LogP) is 18.3. The number of allylic oxidation sites excluding steroid dienone is 4. The summed E-state index contributed by atoms with van der Waals surface area (Å²) in [6, 6.07) is 21.7. The van der Waals surface area contributed by atoms with Gasteiger partial charge in [-0.25, -0.2) is 9.97 Å². The molecule has 378 valence electrons. The Morgan fingerprint density at radius 3 is 1.21 bits per heavy atom. The molecule has 5 aromatic rings. The molecule has 0 saturated heterocycles. The molecule has 3 aromatic heterocycles. The fourth-order valence-electron chi connectivity index (χ4n) is 11.0. The van der Waals surface area contributed by atoms with Gasteiger partial charge in [0.25, 0.3) is 0 Å². The highest BCUT2D eigenvalue weighted by molar-refractivity contribution is 6.03. The van der Waals surface area contributed by atoms with E-state index in [4.69, 9.17) is 32.3 Å². The van der Waals surface area contributed by atoms with Crippen molar-refractivity contribution in [2.45, 2.75) is 184 Å².